The number of hydrogen-bond donors (Lipinski definition) is 1. The number of hydrogen-bond acceptors (Lipinski definition) is 3. The van der Waals surface area contributed by atoms with Crippen molar-refractivity contribution in [2.24, 2.45) is 0 Å². The molecule has 0 spiro atoms. The predicted octanol–water partition coefficient (Wildman–Crippen LogP) is 0.588. The third-order valence-corrected chi connectivity index (χ3v) is 2.92. The van der Waals surface area contributed by atoms with Crippen molar-refractivity contribution in [1.82, 2.24) is 9.78 Å². The fourth-order valence-corrected chi connectivity index (χ4v) is 1.88. The lowest BCUT2D eigenvalue weighted by Crippen LogP contribution is -2.48. The molecule has 5 nitrogen and oxygen atoms in total. The summed E-state index contributed by atoms with van der Waals surface area (Å²) in [5, 5.41) is 13.2. The SMILES string of the molecule is CCn1cc(C2(C(=O)O)CC(=O)C2)cn1. The normalized spacial score (nSPS) is 18.6. The van der Waals surface area contributed by atoms with E-state index in [0.29, 0.717) is 12.1 Å². The maximum Gasteiger partial charge on any atom is 0.315 e. The highest BCUT2D eigenvalue weighted by Gasteiger charge is 2.52. The van der Waals surface area contributed by atoms with Gasteiger partial charge in [-0.05, 0) is 6.92 Å². The van der Waals surface area contributed by atoms with Gasteiger partial charge in [-0.1, -0.05) is 0 Å². The van der Waals surface area contributed by atoms with E-state index in [2.05, 4.69) is 5.10 Å². The van der Waals surface area contributed by atoms with E-state index in [1.54, 1.807) is 17.1 Å². The van der Waals surface area contributed by atoms with E-state index in [1.165, 1.54) is 0 Å². The minimum absolute atomic E-state index is 0.00153. The van der Waals surface area contributed by atoms with Gasteiger partial charge in [-0.15, -0.1) is 0 Å². The first-order valence-corrected chi connectivity index (χ1v) is 4.86. The first-order valence-electron chi connectivity index (χ1n) is 4.86. The van der Waals surface area contributed by atoms with E-state index in [0.717, 1.165) is 0 Å². The molecular formula is C10H12N2O3. The lowest BCUT2D eigenvalue weighted by Gasteiger charge is -2.35. The molecule has 0 atom stereocenters. The van der Waals surface area contributed by atoms with Crippen LogP contribution in [0.2, 0.25) is 0 Å². The zero-order valence-corrected chi connectivity index (χ0v) is 8.43. The Morgan fingerprint density at radius 2 is 2.33 bits per heavy atom. The van der Waals surface area contributed by atoms with Gasteiger partial charge in [-0.2, -0.15) is 5.10 Å². The van der Waals surface area contributed by atoms with Crippen LogP contribution in [0.25, 0.3) is 0 Å². The van der Waals surface area contributed by atoms with Crippen LogP contribution in [-0.2, 0) is 21.5 Å². The lowest BCUT2D eigenvalue weighted by molar-refractivity contribution is -0.153. The second kappa shape index (κ2) is 3.18. The first-order chi connectivity index (χ1) is 7.08. The fraction of sp³-hybridized carbons (Fsp3) is 0.500. The van der Waals surface area contributed by atoms with Gasteiger partial charge < -0.3 is 5.11 Å². The van der Waals surface area contributed by atoms with Crippen molar-refractivity contribution in [3.63, 3.8) is 0 Å². The molecule has 1 N–H and O–H groups in total. The molecule has 0 radical (unpaired) electrons. The maximum absolute atomic E-state index is 11.2. The molecule has 0 unspecified atom stereocenters. The number of carbonyl (C=O) groups is 2. The number of Topliss-reactive ketones (excluding diaryl/α,β-unsaturated/α-hetero) is 1. The quantitative estimate of drug-likeness (QED) is 0.789. The van der Waals surface area contributed by atoms with Gasteiger partial charge in [0.25, 0.3) is 0 Å². The lowest BCUT2D eigenvalue weighted by atomic mass is 9.64. The van der Waals surface area contributed by atoms with Crippen molar-refractivity contribution in [3.05, 3.63) is 18.0 Å². The van der Waals surface area contributed by atoms with Crippen LogP contribution in [0.5, 0.6) is 0 Å². The predicted molar refractivity (Wildman–Crippen MR) is 51.5 cm³/mol. The van der Waals surface area contributed by atoms with Crippen LogP contribution in [0.3, 0.4) is 0 Å². The number of aromatic nitrogens is 2. The Morgan fingerprint density at radius 1 is 1.67 bits per heavy atom. The van der Waals surface area contributed by atoms with Gasteiger partial charge in [0.15, 0.2) is 0 Å². The summed E-state index contributed by atoms with van der Waals surface area (Å²) in [4.78, 5) is 22.1. The number of aryl methyl sites for hydroxylation is 1. The van der Waals surface area contributed by atoms with Crippen LogP contribution in [0.15, 0.2) is 12.4 Å². The zero-order chi connectivity index (χ0) is 11.1. The third kappa shape index (κ3) is 1.35. The smallest absolute Gasteiger partial charge is 0.315 e. The highest BCUT2D eigenvalue weighted by molar-refractivity contribution is 6.01. The first kappa shape index (κ1) is 9.89. The Bertz CT molecular complexity index is 414. The minimum atomic E-state index is -1.01. The number of ketones is 1. The molecule has 1 aliphatic rings. The summed E-state index contributed by atoms with van der Waals surface area (Å²) >= 11 is 0. The molecule has 1 saturated carbocycles. The van der Waals surface area contributed by atoms with Crippen molar-refractivity contribution >= 4 is 11.8 Å². The molecule has 80 valence electrons. The van der Waals surface area contributed by atoms with Crippen LogP contribution in [0, 0.1) is 0 Å². The van der Waals surface area contributed by atoms with Crippen LogP contribution >= 0.6 is 0 Å². The van der Waals surface area contributed by atoms with Gasteiger partial charge >= 0.3 is 5.97 Å². The summed E-state index contributed by atoms with van der Waals surface area (Å²) in [5.74, 6) is -0.931. The minimum Gasteiger partial charge on any atom is -0.481 e. The van der Waals surface area contributed by atoms with Crippen LogP contribution in [0.4, 0.5) is 0 Å². The Hall–Kier alpha value is -1.65. The van der Waals surface area contributed by atoms with Gasteiger partial charge in [0, 0.05) is 31.1 Å². The molecule has 5 heteroatoms. The molecule has 2 rings (SSSR count). The highest BCUT2D eigenvalue weighted by atomic mass is 16.4. The molecule has 1 aromatic rings. The number of rotatable bonds is 3. The van der Waals surface area contributed by atoms with Crippen molar-refractivity contribution in [1.29, 1.82) is 0 Å². The Balaban J connectivity index is 2.34. The summed E-state index contributed by atoms with van der Waals surface area (Å²) in [5.41, 5.74) is -0.374. The molecular weight excluding hydrogens is 196 g/mol. The summed E-state index contributed by atoms with van der Waals surface area (Å²) < 4.78 is 1.67. The molecule has 1 heterocycles. The Kier molecular flexibility index (Phi) is 2.10. The monoisotopic (exact) mass is 208 g/mol. The average Bonchev–Trinajstić information content (AvgIpc) is 2.60. The Morgan fingerprint density at radius 3 is 2.73 bits per heavy atom. The number of carboxylic acid groups (broad SMARTS) is 1. The second-order valence-electron chi connectivity index (χ2n) is 3.86. The van der Waals surface area contributed by atoms with Crippen LogP contribution in [-0.4, -0.2) is 26.6 Å². The molecule has 0 aliphatic heterocycles. The molecule has 0 aromatic carbocycles. The van der Waals surface area contributed by atoms with Crippen molar-refractivity contribution in [3.8, 4) is 0 Å². The van der Waals surface area contributed by atoms with Gasteiger partial charge in [0.2, 0.25) is 0 Å². The van der Waals surface area contributed by atoms with Gasteiger partial charge in [-0.3, -0.25) is 14.3 Å². The third-order valence-electron chi connectivity index (χ3n) is 2.92. The molecule has 1 aromatic heterocycles. The van der Waals surface area contributed by atoms with E-state index < -0.39 is 11.4 Å². The summed E-state index contributed by atoms with van der Waals surface area (Å²) in [6, 6.07) is 0. The molecule has 1 fully saturated rings. The number of aliphatic carboxylic acids is 1. The van der Waals surface area contributed by atoms with Crippen LogP contribution in [0.1, 0.15) is 25.3 Å². The van der Waals surface area contributed by atoms with Gasteiger partial charge in [-0.25, -0.2) is 0 Å². The molecule has 0 saturated heterocycles. The topological polar surface area (TPSA) is 72.2 Å². The summed E-state index contributed by atoms with van der Waals surface area (Å²) in [6.07, 6.45) is 3.44. The van der Waals surface area contributed by atoms with Crippen molar-refractivity contribution < 1.29 is 14.7 Å². The van der Waals surface area contributed by atoms with E-state index in [9.17, 15) is 9.59 Å². The van der Waals surface area contributed by atoms with Crippen LogP contribution < -0.4 is 0 Å². The van der Waals surface area contributed by atoms with E-state index in [1.807, 2.05) is 6.92 Å². The number of carbonyl (C=O) groups excluding carboxylic acids is 1. The number of carboxylic acids is 1. The maximum atomic E-state index is 11.2. The van der Waals surface area contributed by atoms with Crippen molar-refractivity contribution in [2.75, 3.05) is 0 Å². The standard InChI is InChI=1S/C10H12N2O3/c1-2-12-6-7(5-11-12)10(9(14)15)3-8(13)4-10/h5-6H,2-4H2,1H3,(H,14,15). The Labute approximate surface area is 86.7 Å². The fourth-order valence-electron chi connectivity index (χ4n) is 1.88. The average molecular weight is 208 g/mol. The summed E-state index contributed by atoms with van der Waals surface area (Å²) in [7, 11) is 0. The highest BCUT2D eigenvalue weighted by Crippen LogP contribution is 2.41. The van der Waals surface area contributed by atoms with Gasteiger partial charge in [0.05, 0.1) is 6.20 Å². The molecule has 15 heavy (non-hydrogen) atoms. The largest absolute Gasteiger partial charge is 0.481 e. The number of nitrogens with zero attached hydrogens (tertiary/aromatic N) is 2. The summed E-state index contributed by atoms with van der Waals surface area (Å²) in [6.45, 7) is 2.62. The molecule has 0 bridgehead atoms. The van der Waals surface area contributed by atoms with E-state index in [4.69, 9.17) is 5.11 Å². The molecule has 1 aliphatic carbocycles. The van der Waals surface area contributed by atoms with E-state index in [-0.39, 0.29) is 18.6 Å². The van der Waals surface area contributed by atoms with Crippen molar-refractivity contribution in [2.45, 2.75) is 31.7 Å². The zero-order valence-electron chi connectivity index (χ0n) is 8.43. The van der Waals surface area contributed by atoms with Gasteiger partial charge in [0.1, 0.15) is 11.2 Å². The molecule has 0 amide bonds. The second-order valence-corrected chi connectivity index (χ2v) is 3.86. The van der Waals surface area contributed by atoms with E-state index >= 15 is 0 Å².